The molecule has 1 fully saturated rings. The van der Waals surface area contributed by atoms with Crippen LogP contribution in [0.5, 0.6) is 5.75 Å². The van der Waals surface area contributed by atoms with Gasteiger partial charge in [0.25, 0.3) is 0 Å². The first kappa shape index (κ1) is 17.5. The lowest BCUT2D eigenvalue weighted by Crippen LogP contribution is -2.50. The molecule has 1 aromatic carbocycles. The standard InChI is InChI=1S/C12H13F3N2O5S/c13-12(14,15)22-8-2-1-3-9(6-8)23(19,20)17-4-5-21-10(7-17)11(16)18/h1-3,6,10H,4-5,7H2,(H2,16,18)/t10-/m0/s1. The lowest BCUT2D eigenvalue weighted by Gasteiger charge is -2.30. The van der Waals surface area contributed by atoms with Crippen molar-refractivity contribution in [3.8, 4) is 5.75 Å². The van der Waals surface area contributed by atoms with Crippen LogP contribution >= 0.6 is 0 Å². The number of primary amides is 1. The van der Waals surface area contributed by atoms with E-state index in [4.69, 9.17) is 10.5 Å². The highest BCUT2D eigenvalue weighted by Crippen LogP contribution is 2.27. The molecule has 1 aliphatic rings. The lowest BCUT2D eigenvalue weighted by atomic mass is 10.3. The summed E-state index contributed by atoms with van der Waals surface area (Å²) in [6.45, 7) is -0.399. The van der Waals surface area contributed by atoms with E-state index in [-0.39, 0.29) is 24.6 Å². The fourth-order valence-corrected chi connectivity index (χ4v) is 3.46. The van der Waals surface area contributed by atoms with Crippen molar-refractivity contribution in [3.63, 3.8) is 0 Å². The number of nitrogens with zero attached hydrogens (tertiary/aromatic N) is 1. The van der Waals surface area contributed by atoms with Crippen LogP contribution in [0.3, 0.4) is 0 Å². The summed E-state index contributed by atoms with van der Waals surface area (Å²) in [7, 11) is -4.11. The summed E-state index contributed by atoms with van der Waals surface area (Å²) in [5, 5.41) is 0. The van der Waals surface area contributed by atoms with E-state index in [0.29, 0.717) is 0 Å². The number of ether oxygens (including phenoxy) is 2. The third-order valence-corrected chi connectivity index (χ3v) is 4.88. The second kappa shape index (κ2) is 6.34. The molecule has 1 aromatic rings. The molecule has 2 N–H and O–H groups in total. The number of halogens is 3. The van der Waals surface area contributed by atoms with Crippen LogP contribution in [-0.2, 0) is 19.6 Å². The predicted octanol–water partition coefficient (Wildman–Crippen LogP) is 0.460. The Morgan fingerprint density at radius 3 is 2.70 bits per heavy atom. The van der Waals surface area contributed by atoms with E-state index in [1.54, 1.807) is 0 Å². The lowest BCUT2D eigenvalue weighted by molar-refractivity contribution is -0.274. The highest BCUT2D eigenvalue weighted by atomic mass is 32.2. The quantitative estimate of drug-likeness (QED) is 0.847. The van der Waals surface area contributed by atoms with Gasteiger partial charge >= 0.3 is 6.36 Å². The molecule has 0 aliphatic carbocycles. The van der Waals surface area contributed by atoms with E-state index in [9.17, 15) is 26.4 Å². The third kappa shape index (κ3) is 4.33. The van der Waals surface area contributed by atoms with Crippen molar-refractivity contribution >= 4 is 15.9 Å². The molecule has 1 aliphatic heterocycles. The first-order valence-corrected chi connectivity index (χ1v) is 7.80. The minimum absolute atomic E-state index is 0.0452. The maximum Gasteiger partial charge on any atom is 0.573 e. The number of hydrogen-bond acceptors (Lipinski definition) is 5. The van der Waals surface area contributed by atoms with Crippen LogP contribution in [0, 0.1) is 0 Å². The molecule has 0 saturated carbocycles. The van der Waals surface area contributed by atoms with Gasteiger partial charge in [-0.05, 0) is 12.1 Å². The number of carbonyl (C=O) groups excluding carboxylic acids is 1. The molecule has 0 spiro atoms. The van der Waals surface area contributed by atoms with Gasteiger partial charge in [0.2, 0.25) is 15.9 Å². The van der Waals surface area contributed by atoms with Gasteiger partial charge in [0.15, 0.2) is 0 Å². The molecule has 0 unspecified atom stereocenters. The average Bonchev–Trinajstić information content (AvgIpc) is 2.46. The largest absolute Gasteiger partial charge is 0.573 e. The minimum Gasteiger partial charge on any atom is -0.406 e. The third-order valence-electron chi connectivity index (χ3n) is 3.02. The van der Waals surface area contributed by atoms with Gasteiger partial charge in [-0.3, -0.25) is 4.79 Å². The van der Waals surface area contributed by atoms with Crippen LogP contribution in [0.2, 0.25) is 0 Å². The Hall–Kier alpha value is -1.85. The fourth-order valence-electron chi connectivity index (χ4n) is 2.00. The SMILES string of the molecule is NC(=O)[C@@H]1CN(S(=O)(=O)c2cccc(OC(F)(F)F)c2)CCO1. The van der Waals surface area contributed by atoms with Crippen molar-refractivity contribution in [2.45, 2.75) is 17.4 Å². The van der Waals surface area contributed by atoms with Crippen molar-refractivity contribution < 1.29 is 35.9 Å². The van der Waals surface area contributed by atoms with Crippen molar-refractivity contribution in [2.24, 2.45) is 5.73 Å². The topological polar surface area (TPSA) is 98.9 Å². The molecule has 7 nitrogen and oxygen atoms in total. The zero-order valence-electron chi connectivity index (χ0n) is 11.6. The Bertz CT molecular complexity index is 692. The van der Waals surface area contributed by atoms with Crippen LogP contribution in [-0.4, -0.2) is 50.8 Å². The van der Waals surface area contributed by atoms with E-state index in [2.05, 4.69) is 4.74 Å². The highest BCUT2D eigenvalue weighted by Gasteiger charge is 2.34. The second-order valence-electron chi connectivity index (χ2n) is 4.65. The molecular weight excluding hydrogens is 341 g/mol. The van der Waals surface area contributed by atoms with E-state index >= 15 is 0 Å². The molecule has 0 bridgehead atoms. The van der Waals surface area contributed by atoms with Gasteiger partial charge in [-0.25, -0.2) is 8.42 Å². The molecule has 1 saturated heterocycles. The van der Waals surface area contributed by atoms with Gasteiger partial charge in [-0.2, -0.15) is 4.31 Å². The molecule has 0 aromatic heterocycles. The minimum atomic E-state index is -4.93. The molecule has 23 heavy (non-hydrogen) atoms. The molecule has 2 rings (SSSR count). The van der Waals surface area contributed by atoms with Crippen LogP contribution in [0.15, 0.2) is 29.2 Å². The normalized spacial score (nSPS) is 20.2. The van der Waals surface area contributed by atoms with E-state index in [0.717, 1.165) is 28.6 Å². The fraction of sp³-hybridized carbons (Fsp3) is 0.417. The van der Waals surface area contributed by atoms with Crippen LogP contribution in [0.25, 0.3) is 0 Å². The predicted molar refractivity (Wildman–Crippen MR) is 70.8 cm³/mol. The van der Waals surface area contributed by atoms with Gasteiger partial charge < -0.3 is 15.2 Å². The maximum atomic E-state index is 12.5. The molecule has 0 radical (unpaired) electrons. The number of alkyl halides is 3. The van der Waals surface area contributed by atoms with Crippen LogP contribution < -0.4 is 10.5 Å². The van der Waals surface area contributed by atoms with Crippen molar-refractivity contribution in [1.82, 2.24) is 4.31 Å². The Labute approximate surface area is 129 Å². The van der Waals surface area contributed by atoms with Gasteiger partial charge in [-0.1, -0.05) is 6.07 Å². The summed E-state index contributed by atoms with van der Waals surface area (Å²) >= 11 is 0. The van der Waals surface area contributed by atoms with Crippen LogP contribution in [0.4, 0.5) is 13.2 Å². The molecule has 1 atom stereocenters. The van der Waals surface area contributed by atoms with Crippen molar-refractivity contribution in [3.05, 3.63) is 24.3 Å². The first-order chi connectivity index (χ1) is 10.6. The van der Waals surface area contributed by atoms with Gasteiger partial charge in [0.1, 0.15) is 11.9 Å². The Kier molecular flexibility index (Phi) is 4.82. The Morgan fingerprint density at radius 2 is 2.09 bits per heavy atom. The summed E-state index contributed by atoms with van der Waals surface area (Å²) in [5.74, 6) is -1.47. The molecule has 1 heterocycles. The first-order valence-electron chi connectivity index (χ1n) is 6.36. The zero-order valence-corrected chi connectivity index (χ0v) is 12.4. The summed E-state index contributed by atoms with van der Waals surface area (Å²) in [5.41, 5.74) is 5.07. The summed E-state index contributed by atoms with van der Waals surface area (Å²) in [6.07, 6.45) is -6.04. The number of carbonyl (C=O) groups is 1. The molecular formula is C12H13F3N2O5S. The maximum absolute atomic E-state index is 12.5. The van der Waals surface area contributed by atoms with Crippen molar-refractivity contribution in [1.29, 1.82) is 0 Å². The van der Waals surface area contributed by atoms with E-state index < -0.39 is 34.1 Å². The van der Waals surface area contributed by atoms with E-state index in [1.807, 2.05) is 0 Å². The number of rotatable bonds is 4. The number of amides is 1. The van der Waals surface area contributed by atoms with Gasteiger partial charge in [-0.15, -0.1) is 13.2 Å². The average molecular weight is 354 g/mol. The summed E-state index contributed by atoms with van der Waals surface area (Å²) in [6, 6.07) is 4.00. The molecule has 11 heteroatoms. The Morgan fingerprint density at radius 1 is 1.39 bits per heavy atom. The number of sulfonamides is 1. The van der Waals surface area contributed by atoms with Gasteiger partial charge in [0, 0.05) is 19.2 Å². The van der Waals surface area contributed by atoms with Gasteiger partial charge in [0.05, 0.1) is 11.5 Å². The monoisotopic (exact) mass is 354 g/mol. The van der Waals surface area contributed by atoms with Crippen LogP contribution in [0.1, 0.15) is 0 Å². The summed E-state index contributed by atoms with van der Waals surface area (Å²) < 4.78 is 71.2. The smallest absolute Gasteiger partial charge is 0.406 e. The number of benzene rings is 1. The Balaban J connectivity index is 2.25. The van der Waals surface area contributed by atoms with E-state index in [1.165, 1.54) is 0 Å². The number of hydrogen-bond donors (Lipinski definition) is 1. The zero-order chi connectivity index (χ0) is 17.3. The van der Waals surface area contributed by atoms with Crippen molar-refractivity contribution in [2.75, 3.05) is 19.7 Å². The number of nitrogens with two attached hydrogens (primary N) is 1. The highest BCUT2D eigenvalue weighted by molar-refractivity contribution is 7.89. The summed E-state index contributed by atoms with van der Waals surface area (Å²) in [4.78, 5) is 10.7. The molecule has 128 valence electrons. The second-order valence-corrected chi connectivity index (χ2v) is 6.59. The number of morpholine rings is 1. The molecule has 1 amide bonds.